The Hall–Kier alpha value is -2.18. The molecule has 2 aromatic carbocycles. The van der Waals surface area contributed by atoms with Crippen molar-refractivity contribution in [3.05, 3.63) is 59.1 Å². The van der Waals surface area contributed by atoms with E-state index in [4.69, 9.17) is 11.6 Å². The first-order chi connectivity index (χ1) is 12.9. The molecule has 1 saturated heterocycles. The van der Waals surface area contributed by atoms with Gasteiger partial charge in [0.15, 0.2) is 4.87 Å². The molecule has 27 heavy (non-hydrogen) atoms. The first kappa shape index (κ1) is 18.2. The summed E-state index contributed by atoms with van der Waals surface area (Å²) in [5.41, 5.74) is 2.37. The lowest BCUT2D eigenvalue weighted by molar-refractivity contribution is -0.123. The van der Waals surface area contributed by atoms with E-state index in [2.05, 4.69) is 5.32 Å². The molecule has 0 saturated carbocycles. The Labute approximate surface area is 167 Å². The van der Waals surface area contributed by atoms with Crippen molar-refractivity contribution in [1.29, 1.82) is 0 Å². The predicted molar refractivity (Wildman–Crippen MR) is 110 cm³/mol. The van der Waals surface area contributed by atoms with Crippen molar-refractivity contribution in [3.63, 3.8) is 0 Å². The van der Waals surface area contributed by atoms with Gasteiger partial charge in [-0.25, -0.2) is 4.79 Å². The molecule has 7 heteroatoms. The fourth-order valence-electron chi connectivity index (χ4n) is 3.79. The minimum Gasteiger partial charge on any atom is -0.308 e. The SMILES string of the molecule is CC(C)N1C(=O)[C@]2(SCCN2C(=O)Nc2cccc(Cl)c2)c2ccccc21. The second-order valence-electron chi connectivity index (χ2n) is 6.87. The smallest absolute Gasteiger partial charge is 0.308 e. The number of rotatable bonds is 2. The fourth-order valence-corrected chi connectivity index (χ4v) is 5.43. The maximum absolute atomic E-state index is 13.5. The summed E-state index contributed by atoms with van der Waals surface area (Å²) in [4.78, 5) is 29.1. The Morgan fingerprint density at radius 1 is 1.22 bits per heavy atom. The number of amides is 3. The average Bonchev–Trinajstić information content (AvgIpc) is 3.17. The number of carbonyl (C=O) groups is 2. The normalized spacial score (nSPS) is 21.3. The molecule has 1 fully saturated rings. The van der Waals surface area contributed by atoms with Crippen LogP contribution < -0.4 is 10.2 Å². The van der Waals surface area contributed by atoms with Crippen LogP contribution in [-0.2, 0) is 9.67 Å². The molecule has 2 aliphatic heterocycles. The van der Waals surface area contributed by atoms with E-state index < -0.39 is 4.87 Å². The van der Waals surface area contributed by atoms with E-state index in [1.807, 2.05) is 38.1 Å². The van der Waals surface area contributed by atoms with Gasteiger partial charge in [0.05, 0.1) is 5.69 Å². The largest absolute Gasteiger partial charge is 0.323 e. The summed E-state index contributed by atoms with van der Waals surface area (Å²) in [5, 5.41) is 3.44. The molecule has 2 aromatic rings. The Balaban J connectivity index is 1.73. The van der Waals surface area contributed by atoms with Gasteiger partial charge in [0.1, 0.15) is 0 Å². The number of anilines is 2. The van der Waals surface area contributed by atoms with Gasteiger partial charge in [-0.1, -0.05) is 35.9 Å². The van der Waals surface area contributed by atoms with Gasteiger partial charge in [-0.2, -0.15) is 0 Å². The maximum Gasteiger partial charge on any atom is 0.323 e. The zero-order valence-corrected chi connectivity index (χ0v) is 16.7. The molecule has 2 aliphatic rings. The molecule has 4 rings (SSSR count). The van der Waals surface area contributed by atoms with Gasteiger partial charge in [-0.3, -0.25) is 9.69 Å². The van der Waals surface area contributed by atoms with Gasteiger partial charge in [-0.15, -0.1) is 11.8 Å². The minimum absolute atomic E-state index is 0.0112. The number of thioether (sulfide) groups is 1. The second-order valence-corrected chi connectivity index (χ2v) is 8.59. The van der Waals surface area contributed by atoms with Crippen molar-refractivity contribution in [3.8, 4) is 0 Å². The molecule has 5 nitrogen and oxygen atoms in total. The molecule has 2 heterocycles. The molecule has 3 amide bonds. The van der Waals surface area contributed by atoms with Gasteiger partial charge in [0, 0.05) is 34.6 Å². The molecule has 0 aliphatic carbocycles. The van der Waals surface area contributed by atoms with Crippen LogP contribution in [0.1, 0.15) is 19.4 Å². The number of urea groups is 1. The maximum atomic E-state index is 13.5. The summed E-state index contributed by atoms with van der Waals surface area (Å²) >= 11 is 7.55. The lowest BCUT2D eigenvalue weighted by atomic mass is 10.1. The monoisotopic (exact) mass is 401 g/mol. The van der Waals surface area contributed by atoms with Crippen LogP contribution in [0.15, 0.2) is 48.5 Å². The average molecular weight is 402 g/mol. The van der Waals surface area contributed by atoms with Crippen molar-refractivity contribution in [2.45, 2.75) is 24.8 Å². The Kier molecular flexibility index (Phi) is 4.56. The Morgan fingerprint density at radius 3 is 2.74 bits per heavy atom. The number of para-hydroxylation sites is 1. The Morgan fingerprint density at radius 2 is 2.00 bits per heavy atom. The molecule has 0 bridgehead atoms. The zero-order valence-electron chi connectivity index (χ0n) is 15.1. The summed E-state index contributed by atoms with van der Waals surface area (Å²) in [5.74, 6) is 0.650. The number of halogens is 1. The van der Waals surface area contributed by atoms with E-state index in [1.165, 1.54) is 11.8 Å². The van der Waals surface area contributed by atoms with Gasteiger partial charge in [0.2, 0.25) is 0 Å². The highest BCUT2D eigenvalue weighted by atomic mass is 35.5. The second kappa shape index (κ2) is 6.77. The molecule has 1 N–H and O–H groups in total. The molecular formula is C20H20ClN3O2S. The van der Waals surface area contributed by atoms with Crippen LogP contribution in [0.2, 0.25) is 5.02 Å². The molecular weight excluding hydrogens is 382 g/mol. The molecule has 1 atom stereocenters. The van der Waals surface area contributed by atoms with Gasteiger partial charge >= 0.3 is 6.03 Å². The van der Waals surface area contributed by atoms with Crippen molar-refractivity contribution >= 4 is 46.7 Å². The number of benzene rings is 2. The molecule has 0 radical (unpaired) electrons. The molecule has 0 unspecified atom stereocenters. The summed E-state index contributed by atoms with van der Waals surface area (Å²) in [6, 6.07) is 14.5. The summed E-state index contributed by atoms with van der Waals surface area (Å²) in [6.45, 7) is 4.48. The van der Waals surface area contributed by atoms with Crippen molar-refractivity contribution < 1.29 is 9.59 Å². The predicted octanol–water partition coefficient (Wildman–Crippen LogP) is 4.53. The van der Waals surface area contributed by atoms with E-state index in [0.29, 0.717) is 23.0 Å². The van der Waals surface area contributed by atoms with Crippen LogP contribution >= 0.6 is 23.4 Å². The standard InChI is InChI=1S/C20H20ClN3O2S/c1-13(2)24-17-9-4-3-8-16(17)20(18(24)25)23(10-11-27-20)19(26)22-15-7-5-6-14(21)12-15/h3-9,12-13H,10-11H2,1-2H3,(H,22,26)/t20-/m1/s1. The third-order valence-corrected chi connectivity index (χ3v) is 6.54. The van der Waals surface area contributed by atoms with E-state index in [9.17, 15) is 9.59 Å². The van der Waals surface area contributed by atoms with Crippen molar-refractivity contribution in [2.24, 2.45) is 0 Å². The van der Waals surface area contributed by atoms with E-state index in [-0.39, 0.29) is 18.0 Å². The number of nitrogens with one attached hydrogen (secondary N) is 1. The molecule has 1 spiro atoms. The highest BCUT2D eigenvalue weighted by Crippen LogP contribution is 2.54. The zero-order chi connectivity index (χ0) is 19.2. The number of carbonyl (C=O) groups excluding carboxylic acids is 2. The highest BCUT2D eigenvalue weighted by Gasteiger charge is 2.59. The van der Waals surface area contributed by atoms with Gasteiger partial charge < -0.3 is 10.2 Å². The third-order valence-electron chi connectivity index (χ3n) is 4.88. The van der Waals surface area contributed by atoms with E-state index in [1.54, 1.807) is 34.1 Å². The highest BCUT2D eigenvalue weighted by molar-refractivity contribution is 8.01. The first-order valence-corrected chi connectivity index (χ1v) is 10.2. The summed E-state index contributed by atoms with van der Waals surface area (Å²) in [6.07, 6.45) is 0. The summed E-state index contributed by atoms with van der Waals surface area (Å²) in [7, 11) is 0. The lowest BCUT2D eigenvalue weighted by Crippen LogP contribution is -2.52. The topological polar surface area (TPSA) is 52.7 Å². The van der Waals surface area contributed by atoms with Crippen LogP contribution in [0.5, 0.6) is 0 Å². The van der Waals surface area contributed by atoms with Gasteiger partial charge in [-0.05, 0) is 38.1 Å². The number of hydrogen-bond donors (Lipinski definition) is 1. The first-order valence-electron chi connectivity index (χ1n) is 8.86. The molecule has 140 valence electrons. The lowest BCUT2D eigenvalue weighted by Gasteiger charge is -2.33. The Bertz CT molecular complexity index is 920. The minimum atomic E-state index is -1.01. The van der Waals surface area contributed by atoms with E-state index >= 15 is 0 Å². The quantitative estimate of drug-likeness (QED) is 0.804. The number of fused-ring (bicyclic) bond motifs is 2. The van der Waals surface area contributed by atoms with Crippen molar-refractivity contribution in [1.82, 2.24) is 4.90 Å². The van der Waals surface area contributed by atoms with Crippen LogP contribution in [0.4, 0.5) is 16.2 Å². The van der Waals surface area contributed by atoms with Gasteiger partial charge in [0.25, 0.3) is 5.91 Å². The summed E-state index contributed by atoms with van der Waals surface area (Å²) < 4.78 is 0. The number of nitrogens with zero attached hydrogens (tertiary/aromatic N) is 2. The molecule has 0 aromatic heterocycles. The third kappa shape index (κ3) is 2.78. The number of hydrogen-bond acceptors (Lipinski definition) is 3. The van der Waals surface area contributed by atoms with E-state index in [0.717, 1.165) is 11.3 Å². The fraction of sp³-hybridized carbons (Fsp3) is 0.300. The van der Waals surface area contributed by atoms with Crippen molar-refractivity contribution in [2.75, 3.05) is 22.5 Å². The van der Waals surface area contributed by atoms with Crippen LogP contribution in [0.3, 0.4) is 0 Å². The van der Waals surface area contributed by atoms with Crippen LogP contribution in [0, 0.1) is 0 Å². The van der Waals surface area contributed by atoms with Crippen LogP contribution in [-0.4, -0.2) is 35.2 Å². The van der Waals surface area contributed by atoms with Crippen LogP contribution in [0.25, 0.3) is 0 Å².